The van der Waals surface area contributed by atoms with E-state index in [0.717, 1.165) is 25.7 Å². The van der Waals surface area contributed by atoms with Gasteiger partial charge in [0.2, 0.25) is 5.91 Å². The summed E-state index contributed by atoms with van der Waals surface area (Å²) in [6.45, 7) is 2.13. The number of primary amides is 1. The summed E-state index contributed by atoms with van der Waals surface area (Å²) in [7, 11) is 0. The third-order valence-electron chi connectivity index (χ3n) is 3.03. The van der Waals surface area contributed by atoms with Gasteiger partial charge in [0.1, 0.15) is 6.04 Å². The maximum Gasteiger partial charge on any atom is 0.251 e. The number of hydrogen-bond donors (Lipinski definition) is 2. The van der Waals surface area contributed by atoms with E-state index < -0.39 is 11.9 Å². The molecule has 0 radical (unpaired) electrons. The molecule has 0 aliphatic rings. The predicted octanol–water partition coefficient (Wildman–Crippen LogP) is 2.24. The number of nitrogens with two attached hydrogens (primary N) is 1. The Hall–Kier alpha value is -1.84. The maximum atomic E-state index is 11.9. The summed E-state index contributed by atoms with van der Waals surface area (Å²) in [5, 5.41) is 2.70. The average molecular weight is 262 g/mol. The molecule has 19 heavy (non-hydrogen) atoms. The van der Waals surface area contributed by atoms with Crippen molar-refractivity contribution in [1.29, 1.82) is 0 Å². The molecule has 1 aromatic carbocycles. The standard InChI is InChI=1S/C15H22N2O2/c1-2-3-4-8-11-13(14(16)18)17-15(19)12-9-6-5-7-10-12/h5-7,9-10,13H,2-4,8,11H2,1H3,(H2,16,18)(H,17,19)/t13-/m0/s1. The highest BCUT2D eigenvalue weighted by atomic mass is 16.2. The summed E-state index contributed by atoms with van der Waals surface area (Å²) < 4.78 is 0. The Labute approximate surface area is 114 Å². The molecule has 4 heteroatoms. The van der Waals surface area contributed by atoms with Crippen LogP contribution in [0.4, 0.5) is 0 Å². The fourth-order valence-corrected chi connectivity index (χ4v) is 1.89. The van der Waals surface area contributed by atoms with E-state index in [4.69, 9.17) is 5.73 Å². The molecule has 0 aromatic heterocycles. The quantitative estimate of drug-likeness (QED) is 0.705. The summed E-state index contributed by atoms with van der Waals surface area (Å²) in [5.41, 5.74) is 5.87. The molecule has 0 heterocycles. The SMILES string of the molecule is CCCCCC[C@H](NC(=O)c1ccccc1)C(N)=O. The summed E-state index contributed by atoms with van der Waals surface area (Å²) >= 11 is 0. The number of benzene rings is 1. The Morgan fingerprint density at radius 2 is 1.84 bits per heavy atom. The van der Waals surface area contributed by atoms with Gasteiger partial charge in [-0.1, -0.05) is 50.8 Å². The van der Waals surface area contributed by atoms with Crippen LogP contribution in [0.5, 0.6) is 0 Å². The van der Waals surface area contributed by atoms with Crippen molar-refractivity contribution in [3.63, 3.8) is 0 Å². The van der Waals surface area contributed by atoms with Crippen molar-refractivity contribution in [2.75, 3.05) is 0 Å². The van der Waals surface area contributed by atoms with Crippen molar-refractivity contribution in [2.45, 2.75) is 45.1 Å². The number of carbonyl (C=O) groups excluding carboxylic acids is 2. The molecule has 0 spiro atoms. The van der Waals surface area contributed by atoms with E-state index >= 15 is 0 Å². The zero-order valence-corrected chi connectivity index (χ0v) is 11.4. The highest BCUT2D eigenvalue weighted by Crippen LogP contribution is 2.07. The maximum absolute atomic E-state index is 11.9. The average Bonchev–Trinajstić information content (AvgIpc) is 2.42. The predicted molar refractivity (Wildman–Crippen MR) is 75.6 cm³/mol. The number of hydrogen-bond acceptors (Lipinski definition) is 2. The van der Waals surface area contributed by atoms with Crippen molar-refractivity contribution in [3.8, 4) is 0 Å². The number of nitrogens with one attached hydrogen (secondary N) is 1. The van der Waals surface area contributed by atoms with Crippen LogP contribution in [0, 0.1) is 0 Å². The molecule has 1 aromatic rings. The molecular formula is C15H22N2O2. The molecule has 104 valence electrons. The zero-order valence-electron chi connectivity index (χ0n) is 11.4. The normalized spacial score (nSPS) is 11.8. The van der Waals surface area contributed by atoms with Crippen LogP contribution in [0.3, 0.4) is 0 Å². The molecule has 2 amide bonds. The monoisotopic (exact) mass is 262 g/mol. The highest BCUT2D eigenvalue weighted by Gasteiger charge is 2.18. The van der Waals surface area contributed by atoms with Gasteiger partial charge in [-0.2, -0.15) is 0 Å². The molecule has 1 rings (SSSR count). The summed E-state index contributed by atoms with van der Waals surface area (Å²) in [5.74, 6) is -0.722. The minimum atomic E-state index is -0.579. The molecule has 0 saturated heterocycles. The Balaban J connectivity index is 2.49. The van der Waals surface area contributed by atoms with Gasteiger partial charge in [-0.25, -0.2) is 0 Å². The Kier molecular flexibility index (Phi) is 6.64. The van der Waals surface area contributed by atoms with E-state index in [-0.39, 0.29) is 5.91 Å². The highest BCUT2D eigenvalue weighted by molar-refractivity contribution is 5.97. The van der Waals surface area contributed by atoms with Gasteiger partial charge in [0.15, 0.2) is 0 Å². The molecule has 4 nitrogen and oxygen atoms in total. The molecule has 0 bridgehead atoms. The van der Waals surface area contributed by atoms with Crippen LogP contribution >= 0.6 is 0 Å². The third kappa shape index (κ3) is 5.55. The smallest absolute Gasteiger partial charge is 0.251 e. The van der Waals surface area contributed by atoms with E-state index in [1.165, 1.54) is 0 Å². The molecule has 0 unspecified atom stereocenters. The van der Waals surface area contributed by atoms with E-state index in [0.29, 0.717) is 12.0 Å². The van der Waals surface area contributed by atoms with E-state index in [1.54, 1.807) is 24.3 Å². The van der Waals surface area contributed by atoms with E-state index in [1.807, 2.05) is 6.07 Å². The van der Waals surface area contributed by atoms with E-state index in [2.05, 4.69) is 12.2 Å². The first kappa shape index (κ1) is 15.2. The van der Waals surface area contributed by atoms with Gasteiger partial charge in [0.05, 0.1) is 0 Å². The van der Waals surface area contributed by atoms with Crippen LogP contribution in [-0.4, -0.2) is 17.9 Å². The lowest BCUT2D eigenvalue weighted by Gasteiger charge is -2.15. The van der Waals surface area contributed by atoms with Gasteiger partial charge in [0, 0.05) is 5.56 Å². The summed E-state index contributed by atoms with van der Waals surface area (Å²) in [4.78, 5) is 23.3. The number of carbonyl (C=O) groups is 2. The van der Waals surface area contributed by atoms with Crippen LogP contribution < -0.4 is 11.1 Å². The second-order valence-electron chi connectivity index (χ2n) is 4.64. The second kappa shape index (κ2) is 8.29. The lowest BCUT2D eigenvalue weighted by molar-refractivity contribution is -0.120. The van der Waals surface area contributed by atoms with Crippen molar-refractivity contribution < 1.29 is 9.59 Å². The summed E-state index contributed by atoms with van der Waals surface area (Å²) in [6.07, 6.45) is 4.83. The fraction of sp³-hybridized carbons (Fsp3) is 0.467. The fourth-order valence-electron chi connectivity index (χ4n) is 1.89. The van der Waals surface area contributed by atoms with Crippen LogP contribution in [0.15, 0.2) is 30.3 Å². The van der Waals surface area contributed by atoms with Crippen molar-refractivity contribution in [3.05, 3.63) is 35.9 Å². The molecule has 0 saturated carbocycles. The Morgan fingerprint density at radius 1 is 1.16 bits per heavy atom. The first-order valence-corrected chi connectivity index (χ1v) is 6.80. The van der Waals surface area contributed by atoms with Crippen molar-refractivity contribution in [1.82, 2.24) is 5.32 Å². The van der Waals surface area contributed by atoms with Gasteiger partial charge < -0.3 is 11.1 Å². The van der Waals surface area contributed by atoms with Gasteiger partial charge in [0.25, 0.3) is 5.91 Å². The molecule has 3 N–H and O–H groups in total. The van der Waals surface area contributed by atoms with Gasteiger partial charge >= 0.3 is 0 Å². The van der Waals surface area contributed by atoms with Crippen molar-refractivity contribution in [2.24, 2.45) is 5.73 Å². The molecule has 0 fully saturated rings. The zero-order chi connectivity index (χ0) is 14.1. The van der Waals surface area contributed by atoms with Gasteiger partial charge in [-0.05, 0) is 18.6 Å². The Morgan fingerprint density at radius 3 is 2.42 bits per heavy atom. The minimum Gasteiger partial charge on any atom is -0.368 e. The molecular weight excluding hydrogens is 240 g/mol. The van der Waals surface area contributed by atoms with Crippen LogP contribution in [0.1, 0.15) is 49.4 Å². The van der Waals surface area contributed by atoms with Crippen LogP contribution in [0.2, 0.25) is 0 Å². The number of rotatable bonds is 8. The summed E-state index contributed by atoms with van der Waals surface area (Å²) in [6, 6.07) is 8.26. The Bertz CT molecular complexity index is 404. The van der Waals surface area contributed by atoms with Crippen LogP contribution in [0.25, 0.3) is 0 Å². The lowest BCUT2D eigenvalue weighted by atomic mass is 10.1. The second-order valence-corrected chi connectivity index (χ2v) is 4.64. The molecule has 1 atom stereocenters. The van der Waals surface area contributed by atoms with Gasteiger partial charge in [-0.3, -0.25) is 9.59 Å². The molecule has 0 aliphatic heterocycles. The van der Waals surface area contributed by atoms with Crippen molar-refractivity contribution >= 4 is 11.8 Å². The number of amides is 2. The number of unbranched alkanes of at least 4 members (excludes halogenated alkanes) is 3. The lowest BCUT2D eigenvalue weighted by Crippen LogP contribution is -2.44. The first-order chi connectivity index (χ1) is 9.15. The molecule has 0 aliphatic carbocycles. The largest absolute Gasteiger partial charge is 0.368 e. The van der Waals surface area contributed by atoms with E-state index in [9.17, 15) is 9.59 Å². The first-order valence-electron chi connectivity index (χ1n) is 6.80. The van der Waals surface area contributed by atoms with Crippen LogP contribution in [-0.2, 0) is 4.79 Å². The third-order valence-corrected chi connectivity index (χ3v) is 3.03. The minimum absolute atomic E-state index is 0.250. The topological polar surface area (TPSA) is 72.2 Å². The van der Waals surface area contributed by atoms with Gasteiger partial charge in [-0.15, -0.1) is 0 Å².